The first-order valence-electron chi connectivity index (χ1n) is 33.4. The van der Waals surface area contributed by atoms with Gasteiger partial charge in [0.05, 0.1) is 39.9 Å². The minimum atomic E-state index is -4.61. The Morgan fingerprint density at radius 2 is 0.737 bits per heavy atom. The Balaban J connectivity index is 4.02. The van der Waals surface area contributed by atoms with Crippen LogP contribution in [0, 0.1) is 0 Å². The van der Waals surface area contributed by atoms with Gasteiger partial charge in [-0.05, 0) is 57.8 Å². The SMILES string of the molecule is CCCCCCCCCCCCCCC/C=C/CC/C=C/C(O)C(COP(=O)([O-])OCC[N+](C)(C)C)NC(=O)CCCCCCCCCCCCCCCCCCC/C=C\CCCCCCCCCCCCCCCC. The molecule has 2 N–H and O–H groups in total. The Kier molecular flexibility index (Phi) is 57.4. The lowest BCUT2D eigenvalue weighted by molar-refractivity contribution is -0.870. The highest BCUT2D eigenvalue weighted by atomic mass is 31.2. The molecule has 0 saturated heterocycles. The summed E-state index contributed by atoms with van der Waals surface area (Å²) in [6.07, 6.45) is 77.0. The number of nitrogens with zero attached hydrogens (tertiary/aromatic N) is 1. The maximum Gasteiger partial charge on any atom is 0.268 e. The quantitative estimate of drug-likeness (QED) is 0.0272. The van der Waals surface area contributed by atoms with Gasteiger partial charge in [0.25, 0.3) is 7.82 Å². The van der Waals surface area contributed by atoms with Gasteiger partial charge in [0.15, 0.2) is 0 Å². The van der Waals surface area contributed by atoms with Crippen LogP contribution in [0.4, 0.5) is 0 Å². The molecular formula is C67H131N2O6P. The van der Waals surface area contributed by atoms with E-state index in [1.807, 2.05) is 27.2 Å². The van der Waals surface area contributed by atoms with Crippen LogP contribution in [0.25, 0.3) is 0 Å². The highest BCUT2D eigenvalue weighted by molar-refractivity contribution is 7.45. The number of aliphatic hydroxyl groups is 1. The number of nitrogens with one attached hydrogen (secondary N) is 1. The standard InChI is InChI=1S/C67H131N2O6P/c1-6-8-10-12-14-16-18-20-22-24-26-27-28-29-30-31-32-33-34-35-36-37-38-39-40-41-43-45-47-49-51-53-55-57-59-61-67(71)68-65(64-75-76(72,73)74-63-62-69(3,4)5)66(70)60-58-56-54-52-50-48-46-44-42-25-23-21-19-17-15-13-11-9-7-2/h31-32,50,52,58,60,65-66,70H,6-30,33-49,51,53-57,59,61-64H2,1-5H3,(H-,68,71,72,73)/b32-31-,52-50+,60-58+. The summed E-state index contributed by atoms with van der Waals surface area (Å²) >= 11 is 0. The fraction of sp³-hybridized carbons (Fsp3) is 0.896. The first-order chi connectivity index (χ1) is 37.0. The number of quaternary nitrogens is 1. The van der Waals surface area contributed by atoms with E-state index in [0.717, 1.165) is 38.5 Å². The average molecular weight is 1090 g/mol. The van der Waals surface area contributed by atoms with Gasteiger partial charge < -0.3 is 28.8 Å². The summed E-state index contributed by atoms with van der Waals surface area (Å²) in [6, 6.07) is -0.903. The lowest BCUT2D eigenvalue weighted by atomic mass is 10.0. The van der Waals surface area contributed by atoms with E-state index in [2.05, 4.69) is 43.5 Å². The molecular weight excluding hydrogens is 960 g/mol. The van der Waals surface area contributed by atoms with Crippen molar-refractivity contribution in [2.75, 3.05) is 40.9 Å². The molecule has 0 aromatic rings. The summed E-state index contributed by atoms with van der Waals surface area (Å²) in [5, 5.41) is 13.9. The van der Waals surface area contributed by atoms with E-state index < -0.39 is 20.0 Å². The summed E-state index contributed by atoms with van der Waals surface area (Å²) < 4.78 is 23.4. The van der Waals surface area contributed by atoms with Gasteiger partial charge in [-0.3, -0.25) is 9.36 Å². The van der Waals surface area contributed by atoms with E-state index in [1.54, 1.807) is 6.08 Å². The van der Waals surface area contributed by atoms with Crippen LogP contribution < -0.4 is 10.2 Å². The van der Waals surface area contributed by atoms with Gasteiger partial charge in [0.2, 0.25) is 5.91 Å². The molecule has 9 heteroatoms. The third kappa shape index (κ3) is 60.4. The summed E-state index contributed by atoms with van der Waals surface area (Å²) in [6.45, 7) is 4.68. The first kappa shape index (κ1) is 74.7. The first-order valence-corrected chi connectivity index (χ1v) is 34.8. The number of hydrogen-bond donors (Lipinski definition) is 2. The van der Waals surface area contributed by atoms with Crippen molar-refractivity contribution in [2.45, 2.75) is 347 Å². The van der Waals surface area contributed by atoms with Crippen LogP contribution >= 0.6 is 7.82 Å². The van der Waals surface area contributed by atoms with Crippen molar-refractivity contribution < 1.29 is 32.9 Å². The van der Waals surface area contributed by atoms with E-state index in [9.17, 15) is 19.4 Å². The zero-order valence-electron chi connectivity index (χ0n) is 51.5. The number of unbranched alkanes of at least 4 members (excludes halogenated alkanes) is 45. The van der Waals surface area contributed by atoms with E-state index in [4.69, 9.17) is 9.05 Å². The number of phosphoric ester groups is 1. The number of carbonyl (C=O) groups excluding carboxylic acids is 1. The molecule has 0 bridgehead atoms. The minimum Gasteiger partial charge on any atom is -0.756 e. The zero-order chi connectivity index (χ0) is 55.6. The molecule has 0 spiro atoms. The largest absolute Gasteiger partial charge is 0.756 e. The highest BCUT2D eigenvalue weighted by Gasteiger charge is 2.23. The normalized spacial score (nSPS) is 13.9. The average Bonchev–Trinajstić information content (AvgIpc) is 3.38. The van der Waals surface area contributed by atoms with Gasteiger partial charge in [-0.15, -0.1) is 0 Å². The van der Waals surface area contributed by atoms with Crippen molar-refractivity contribution in [3.8, 4) is 0 Å². The molecule has 0 fully saturated rings. The Morgan fingerprint density at radius 3 is 1.07 bits per heavy atom. The molecule has 0 heterocycles. The van der Waals surface area contributed by atoms with Crippen LogP contribution in [0.2, 0.25) is 0 Å². The molecule has 0 aliphatic rings. The number of phosphoric acid groups is 1. The van der Waals surface area contributed by atoms with Gasteiger partial charge in [-0.1, -0.05) is 307 Å². The third-order valence-corrected chi connectivity index (χ3v) is 16.3. The molecule has 450 valence electrons. The second-order valence-electron chi connectivity index (χ2n) is 24.2. The van der Waals surface area contributed by atoms with E-state index in [-0.39, 0.29) is 19.1 Å². The van der Waals surface area contributed by atoms with Crippen molar-refractivity contribution in [1.29, 1.82) is 0 Å². The van der Waals surface area contributed by atoms with Gasteiger partial charge in [0.1, 0.15) is 13.2 Å². The highest BCUT2D eigenvalue weighted by Crippen LogP contribution is 2.38. The van der Waals surface area contributed by atoms with Gasteiger partial charge >= 0.3 is 0 Å². The monoisotopic (exact) mass is 1090 g/mol. The predicted molar refractivity (Wildman–Crippen MR) is 330 cm³/mol. The molecule has 0 aliphatic carbocycles. The van der Waals surface area contributed by atoms with Crippen LogP contribution in [0.3, 0.4) is 0 Å². The number of carbonyl (C=O) groups is 1. The number of allylic oxidation sites excluding steroid dienone is 5. The Bertz CT molecular complexity index is 1330. The number of likely N-dealkylation sites (N-methyl/N-ethyl adjacent to an activating group) is 1. The second-order valence-corrected chi connectivity index (χ2v) is 25.6. The summed E-state index contributed by atoms with van der Waals surface area (Å²) in [4.78, 5) is 25.6. The number of aliphatic hydroxyl groups excluding tert-OH is 1. The van der Waals surface area contributed by atoms with Gasteiger partial charge in [0, 0.05) is 6.42 Å². The maximum atomic E-state index is 13.0. The zero-order valence-corrected chi connectivity index (χ0v) is 52.4. The van der Waals surface area contributed by atoms with Crippen molar-refractivity contribution in [2.24, 2.45) is 0 Å². The summed E-state index contributed by atoms with van der Waals surface area (Å²) in [7, 11) is 1.26. The lowest BCUT2D eigenvalue weighted by Crippen LogP contribution is -2.45. The summed E-state index contributed by atoms with van der Waals surface area (Å²) in [5.41, 5.74) is 0. The molecule has 3 atom stereocenters. The van der Waals surface area contributed by atoms with Crippen molar-refractivity contribution in [3.63, 3.8) is 0 Å². The Labute approximate surface area is 474 Å². The molecule has 0 aromatic carbocycles. The maximum absolute atomic E-state index is 13.0. The molecule has 0 aliphatic heterocycles. The minimum absolute atomic E-state index is 0.00482. The molecule has 76 heavy (non-hydrogen) atoms. The number of rotatable bonds is 62. The van der Waals surface area contributed by atoms with E-state index in [0.29, 0.717) is 17.4 Å². The van der Waals surface area contributed by atoms with Crippen LogP contribution in [0.5, 0.6) is 0 Å². The van der Waals surface area contributed by atoms with Crippen molar-refractivity contribution >= 4 is 13.7 Å². The molecule has 0 rings (SSSR count). The van der Waals surface area contributed by atoms with Crippen LogP contribution in [-0.4, -0.2) is 68.5 Å². The lowest BCUT2D eigenvalue weighted by Gasteiger charge is -2.29. The van der Waals surface area contributed by atoms with Gasteiger partial charge in [-0.25, -0.2) is 0 Å². The fourth-order valence-electron chi connectivity index (χ4n) is 10.1. The molecule has 0 radical (unpaired) electrons. The molecule has 8 nitrogen and oxygen atoms in total. The molecule has 0 aromatic heterocycles. The fourth-order valence-corrected chi connectivity index (χ4v) is 10.8. The van der Waals surface area contributed by atoms with E-state index in [1.165, 1.54) is 276 Å². The van der Waals surface area contributed by atoms with Crippen molar-refractivity contribution in [3.05, 3.63) is 36.5 Å². The third-order valence-electron chi connectivity index (χ3n) is 15.3. The summed E-state index contributed by atoms with van der Waals surface area (Å²) in [5.74, 6) is -0.201. The topological polar surface area (TPSA) is 108 Å². The second kappa shape index (κ2) is 58.4. The Hall–Kier alpha value is -1.28. The molecule has 1 amide bonds. The van der Waals surface area contributed by atoms with Crippen LogP contribution in [0.1, 0.15) is 335 Å². The number of hydrogen-bond acceptors (Lipinski definition) is 6. The number of amides is 1. The predicted octanol–water partition coefficient (Wildman–Crippen LogP) is 20.3. The molecule has 0 saturated carbocycles. The van der Waals surface area contributed by atoms with Gasteiger partial charge in [-0.2, -0.15) is 0 Å². The Morgan fingerprint density at radius 1 is 0.447 bits per heavy atom. The smallest absolute Gasteiger partial charge is 0.268 e. The van der Waals surface area contributed by atoms with Crippen molar-refractivity contribution in [1.82, 2.24) is 5.32 Å². The molecule has 3 unspecified atom stereocenters. The van der Waals surface area contributed by atoms with Crippen LogP contribution in [0.15, 0.2) is 36.5 Å². The van der Waals surface area contributed by atoms with Crippen LogP contribution in [-0.2, 0) is 18.4 Å². The van der Waals surface area contributed by atoms with E-state index >= 15 is 0 Å².